The maximum absolute atomic E-state index is 10.8. The van der Waals surface area contributed by atoms with Crippen molar-refractivity contribution in [1.29, 1.82) is 0 Å². The predicted molar refractivity (Wildman–Crippen MR) is 167 cm³/mol. The van der Waals surface area contributed by atoms with Gasteiger partial charge in [0.1, 0.15) is 24.4 Å². The lowest BCUT2D eigenvalue weighted by Gasteiger charge is -2.15. The number of hydrogen-bond acceptors (Lipinski definition) is 24. The summed E-state index contributed by atoms with van der Waals surface area (Å²) in [5, 5.41) is -0.653. The number of rotatable bonds is 1. The molecule has 0 saturated carbocycles. The average Bonchev–Trinajstić information content (AvgIpc) is 3.74. The van der Waals surface area contributed by atoms with Crippen LogP contribution in [0.3, 0.4) is 0 Å². The van der Waals surface area contributed by atoms with Crippen LogP contribution in [0, 0.1) is 0 Å². The first-order valence-corrected chi connectivity index (χ1v) is 23.5. The first-order chi connectivity index (χ1) is 22.6. The van der Waals surface area contributed by atoms with Gasteiger partial charge in [0.15, 0.2) is 11.9 Å². The summed E-state index contributed by atoms with van der Waals surface area (Å²) in [7, 11) is -24.1. The molecule has 5 unspecified atom stereocenters. The minimum atomic E-state index is -3.68. The second-order valence-corrected chi connectivity index (χ2v) is 20.3. The smallest absolute Gasteiger partial charge is 0.270 e. The van der Waals surface area contributed by atoms with E-state index >= 15 is 0 Å². The summed E-state index contributed by atoms with van der Waals surface area (Å²) < 4.78 is 181. The summed E-state index contributed by atoms with van der Waals surface area (Å²) in [5.74, 6) is 3.27. The lowest BCUT2D eigenvalue weighted by Crippen LogP contribution is -2.28. The summed E-state index contributed by atoms with van der Waals surface area (Å²) in [6.07, 6.45) is 0.572. The van der Waals surface area contributed by atoms with E-state index in [-0.39, 0.29) is 50.5 Å². The Balaban J connectivity index is 0.000000301. The van der Waals surface area contributed by atoms with Crippen LogP contribution in [-0.2, 0) is 118 Å². The zero-order valence-electron chi connectivity index (χ0n) is 26.3. The van der Waals surface area contributed by atoms with Crippen LogP contribution in [0.1, 0.15) is 27.2 Å². The maximum Gasteiger partial charge on any atom is 0.400 e. The third kappa shape index (κ3) is 21.5. The van der Waals surface area contributed by atoms with E-state index in [0.717, 1.165) is 0 Å². The molecule has 6 aliphatic rings. The predicted octanol–water partition coefficient (Wildman–Crippen LogP) is -2.52. The molecular weight excluding hydrogens is 837 g/mol. The quantitative estimate of drug-likeness (QED) is 0.149. The van der Waals surface area contributed by atoms with Crippen molar-refractivity contribution in [3.8, 4) is 0 Å². The van der Waals surface area contributed by atoms with Crippen molar-refractivity contribution in [3.63, 3.8) is 0 Å². The molecule has 298 valence electrons. The molecule has 6 rings (SSSR count). The van der Waals surface area contributed by atoms with E-state index in [1.807, 2.05) is 0 Å². The van der Waals surface area contributed by atoms with Crippen LogP contribution in [0.2, 0.25) is 0 Å². The summed E-state index contributed by atoms with van der Waals surface area (Å²) in [4.78, 5) is 0. The second-order valence-electron chi connectivity index (χ2n) is 9.57. The van der Waals surface area contributed by atoms with Crippen molar-refractivity contribution < 1.29 is 101 Å². The van der Waals surface area contributed by atoms with E-state index in [4.69, 9.17) is 0 Å². The average molecular weight is 873 g/mol. The van der Waals surface area contributed by atoms with Gasteiger partial charge in [-0.3, -0.25) is 8.37 Å². The monoisotopic (exact) mass is 872 g/mol. The van der Waals surface area contributed by atoms with Gasteiger partial charge in [-0.1, -0.05) is 6.08 Å². The van der Waals surface area contributed by atoms with Crippen LogP contribution in [0.5, 0.6) is 0 Å². The molecule has 6 aliphatic heterocycles. The molecule has 6 saturated heterocycles. The largest absolute Gasteiger partial charge is 0.400 e. The molecule has 0 bridgehead atoms. The SMILES string of the molecule is C=CC1COS(=O)(=O)O1.C=S1(=O)CS(=O)(=O)OCO1.CC1COS(=O)(=O)O1.CC1COS(=O)(=O)O1.CC1COS(=O)(=O)O1.O=S1(=O)CCCO1. The molecule has 0 aromatic rings. The highest BCUT2D eigenvalue weighted by Gasteiger charge is 2.28. The minimum absolute atomic E-state index is 0.0475. The molecule has 0 N–H and O–H groups in total. The van der Waals surface area contributed by atoms with Crippen LogP contribution in [0.4, 0.5) is 0 Å². The molecule has 0 radical (unpaired) electrons. The zero-order valence-corrected chi connectivity index (χ0v) is 32.0. The van der Waals surface area contributed by atoms with Gasteiger partial charge < -0.3 is 0 Å². The molecule has 0 aromatic carbocycles. The Bertz CT molecular complexity index is 1740. The Hall–Kier alpha value is -0.980. The Morgan fingerprint density at radius 1 is 0.520 bits per heavy atom. The van der Waals surface area contributed by atoms with Crippen molar-refractivity contribution >= 4 is 77.5 Å². The molecule has 6 fully saturated rings. The lowest BCUT2D eigenvalue weighted by molar-refractivity contribution is 0.133. The lowest BCUT2D eigenvalue weighted by atomic mass is 10.4. The Morgan fingerprint density at radius 3 is 1.06 bits per heavy atom. The fourth-order valence-electron chi connectivity index (χ4n) is 2.72. The van der Waals surface area contributed by atoms with Gasteiger partial charge >= 0.3 is 41.6 Å². The van der Waals surface area contributed by atoms with E-state index in [1.54, 1.807) is 20.8 Å². The highest BCUT2D eigenvalue weighted by atomic mass is 32.3. The van der Waals surface area contributed by atoms with Gasteiger partial charge in [-0.15, -0.1) is 6.58 Å². The van der Waals surface area contributed by atoms with E-state index < -0.39 is 89.6 Å². The maximum atomic E-state index is 10.8. The van der Waals surface area contributed by atoms with Crippen molar-refractivity contribution in [3.05, 3.63) is 12.7 Å². The molecule has 31 heteroatoms. The van der Waals surface area contributed by atoms with Crippen molar-refractivity contribution in [2.75, 3.05) is 50.7 Å². The molecule has 50 heavy (non-hydrogen) atoms. The highest BCUT2D eigenvalue weighted by Crippen LogP contribution is 2.14. The van der Waals surface area contributed by atoms with Crippen LogP contribution < -0.4 is 0 Å². The van der Waals surface area contributed by atoms with Gasteiger partial charge in [0.2, 0.25) is 0 Å². The molecule has 0 aliphatic carbocycles. The minimum Gasteiger partial charge on any atom is -0.270 e. The van der Waals surface area contributed by atoms with Crippen molar-refractivity contribution in [1.82, 2.24) is 0 Å². The van der Waals surface area contributed by atoms with Crippen LogP contribution in [0.15, 0.2) is 12.7 Å². The normalized spacial score (nSPS) is 34.5. The van der Waals surface area contributed by atoms with Crippen LogP contribution in [-0.4, -0.2) is 136 Å². The molecule has 0 aromatic heterocycles. The molecular formula is C19H36O24S7. The molecule has 24 nitrogen and oxygen atoms in total. The summed E-state index contributed by atoms with van der Waals surface area (Å²) in [5.41, 5.74) is 0. The third-order valence-corrected chi connectivity index (χ3v) is 13.4. The van der Waals surface area contributed by atoms with E-state index in [1.165, 1.54) is 6.08 Å². The van der Waals surface area contributed by atoms with Gasteiger partial charge in [-0.2, -0.15) is 50.5 Å². The molecule has 0 spiro atoms. The summed E-state index contributed by atoms with van der Waals surface area (Å²) in [6.45, 7) is 8.58. The Labute approximate surface area is 291 Å². The summed E-state index contributed by atoms with van der Waals surface area (Å²) in [6, 6.07) is 0. The zero-order chi connectivity index (χ0) is 38.7. The van der Waals surface area contributed by atoms with Crippen molar-refractivity contribution in [2.24, 2.45) is 0 Å². The van der Waals surface area contributed by atoms with Crippen molar-refractivity contribution in [2.45, 2.75) is 51.6 Å². The first kappa shape index (κ1) is 47.0. The topological polar surface area (TPSA) is 323 Å². The standard InChI is InChI=1S/C4H6O4S.C3H6O5S2.3C3H6O4S.C3H6O3S/c1-2-4-3-7-9(5,6)8-4;1-9(4)3-10(5,6)8-2-7-9;3*1-3-2-6-8(4,5)7-3;4-7(5)3-1-2-6-7/h2,4H,1,3H2;1-3H2;3*3H,2H2,1H3;1-3H2. The highest BCUT2D eigenvalue weighted by molar-refractivity contribution is 8.08. The van der Waals surface area contributed by atoms with Gasteiger partial charge in [0.05, 0.1) is 48.6 Å². The molecule has 5 atom stereocenters. The van der Waals surface area contributed by atoms with Crippen LogP contribution in [0.25, 0.3) is 0 Å². The first-order valence-electron chi connectivity index (χ1n) is 13.2. The molecule has 0 amide bonds. The Morgan fingerprint density at radius 2 is 0.920 bits per heavy atom. The van der Waals surface area contributed by atoms with E-state index in [9.17, 15) is 54.7 Å². The van der Waals surface area contributed by atoms with Gasteiger partial charge in [0, 0.05) is 0 Å². The van der Waals surface area contributed by atoms with Crippen LogP contribution >= 0.6 is 0 Å². The van der Waals surface area contributed by atoms with E-state index in [0.29, 0.717) is 13.0 Å². The van der Waals surface area contributed by atoms with Gasteiger partial charge in [0.25, 0.3) is 20.2 Å². The van der Waals surface area contributed by atoms with Gasteiger partial charge in [-0.05, 0) is 33.1 Å². The van der Waals surface area contributed by atoms with Gasteiger partial charge in [-0.25, -0.2) is 41.9 Å². The second kappa shape index (κ2) is 19.4. The fourth-order valence-corrected chi connectivity index (χ4v) is 9.87. The molecule has 6 heterocycles. The van der Waals surface area contributed by atoms with E-state index in [2.05, 4.69) is 58.5 Å². The number of hydrogen-bond donors (Lipinski definition) is 0. The third-order valence-electron chi connectivity index (χ3n) is 4.68. The fraction of sp³-hybridized carbons (Fsp3) is 0.842. The summed E-state index contributed by atoms with van der Waals surface area (Å²) >= 11 is 0. The Kier molecular flexibility index (Phi) is 18.2.